The van der Waals surface area contributed by atoms with Crippen molar-refractivity contribution in [3.63, 3.8) is 0 Å². The fourth-order valence-electron chi connectivity index (χ4n) is 3.71. The Bertz CT molecular complexity index is 709. The number of hydrogen-bond acceptors (Lipinski definition) is 3. The standard InChI is InChI=1S/C22H33Cl2N3O2/c1-14(2)10-20(26-21(28)18-8-7-17(23)11-19(18)24)22(29)25-12-16-6-5-9-27(13-16)15(3)4/h7-8,11,14-16,20H,5-6,9-10,12-13H2,1-4H3,(H,25,29)(H,26,28). The molecule has 0 bridgehead atoms. The van der Waals surface area contributed by atoms with Crippen LogP contribution in [0.5, 0.6) is 0 Å². The zero-order valence-corrected chi connectivity index (χ0v) is 19.3. The van der Waals surface area contributed by atoms with Crippen molar-refractivity contribution in [2.75, 3.05) is 19.6 Å². The van der Waals surface area contributed by atoms with E-state index in [0.29, 0.717) is 35.5 Å². The van der Waals surface area contributed by atoms with E-state index in [4.69, 9.17) is 23.2 Å². The van der Waals surface area contributed by atoms with Gasteiger partial charge in [0.25, 0.3) is 5.91 Å². The molecule has 1 aliphatic heterocycles. The number of likely N-dealkylation sites (tertiary alicyclic amines) is 1. The van der Waals surface area contributed by atoms with Crippen molar-refractivity contribution in [2.45, 2.75) is 59.0 Å². The average molecular weight is 442 g/mol. The normalized spacial score (nSPS) is 18.7. The molecule has 0 aliphatic carbocycles. The fraction of sp³-hybridized carbons (Fsp3) is 0.636. The lowest BCUT2D eigenvalue weighted by molar-refractivity contribution is -0.123. The van der Waals surface area contributed by atoms with Gasteiger partial charge in [0.1, 0.15) is 6.04 Å². The fourth-order valence-corrected chi connectivity index (χ4v) is 4.21. The quantitative estimate of drug-likeness (QED) is 0.629. The molecule has 7 heteroatoms. The molecule has 2 unspecified atom stereocenters. The second-order valence-corrected chi connectivity index (χ2v) is 9.47. The van der Waals surface area contributed by atoms with Crippen molar-refractivity contribution in [3.8, 4) is 0 Å². The minimum absolute atomic E-state index is 0.140. The molecule has 1 heterocycles. The number of nitrogens with zero attached hydrogens (tertiary/aromatic N) is 1. The molecule has 1 fully saturated rings. The molecule has 0 radical (unpaired) electrons. The smallest absolute Gasteiger partial charge is 0.253 e. The van der Waals surface area contributed by atoms with E-state index in [1.165, 1.54) is 6.07 Å². The van der Waals surface area contributed by atoms with Crippen LogP contribution in [0.1, 0.15) is 57.3 Å². The Kier molecular flexibility index (Phi) is 9.25. The minimum Gasteiger partial charge on any atom is -0.354 e. The molecule has 2 N–H and O–H groups in total. The van der Waals surface area contributed by atoms with Gasteiger partial charge >= 0.3 is 0 Å². The van der Waals surface area contributed by atoms with Crippen LogP contribution in [0.2, 0.25) is 10.0 Å². The highest BCUT2D eigenvalue weighted by Gasteiger charge is 2.26. The Balaban J connectivity index is 1.97. The monoisotopic (exact) mass is 441 g/mol. The lowest BCUT2D eigenvalue weighted by Crippen LogP contribution is -2.50. The van der Waals surface area contributed by atoms with Crippen LogP contribution in [0.15, 0.2) is 18.2 Å². The summed E-state index contributed by atoms with van der Waals surface area (Å²) in [5.74, 6) is 0.198. The summed E-state index contributed by atoms with van der Waals surface area (Å²) in [5.41, 5.74) is 0.317. The van der Waals surface area contributed by atoms with Gasteiger partial charge in [0.2, 0.25) is 5.91 Å². The van der Waals surface area contributed by atoms with Crippen LogP contribution < -0.4 is 10.6 Å². The highest BCUT2D eigenvalue weighted by molar-refractivity contribution is 6.36. The second-order valence-electron chi connectivity index (χ2n) is 8.62. The van der Waals surface area contributed by atoms with Gasteiger partial charge in [-0.1, -0.05) is 37.0 Å². The van der Waals surface area contributed by atoms with E-state index in [1.54, 1.807) is 12.1 Å². The van der Waals surface area contributed by atoms with Gasteiger partial charge in [0.05, 0.1) is 10.6 Å². The molecule has 2 amide bonds. The predicted octanol–water partition coefficient (Wildman–Crippen LogP) is 4.37. The molecule has 1 aromatic rings. The first-order valence-corrected chi connectivity index (χ1v) is 11.2. The number of amides is 2. The van der Waals surface area contributed by atoms with Crippen LogP contribution in [0, 0.1) is 11.8 Å². The molecular weight excluding hydrogens is 409 g/mol. The molecule has 2 atom stereocenters. The van der Waals surface area contributed by atoms with E-state index in [0.717, 1.165) is 25.9 Å². The van der Waals surface area contributed by atoms with Crippen LogP contribution in [0.4, 0.5) is 0 Å². The summed E-state index contributed by atoms with van der Waals surface area (Å²) in [4.78, 5) is 28.0. The van der Waals surface area contributed by atoms with Crippen LogP contribution >= 0.6 is 23.2 Å². The number of rotatable bonds is 8. The van der Waals surface area contributed by atoms with Crippen LogP contribution in [0.3, 0.4) is 0 Å². The maximum Gasteiger partial charge on any atom is 0.253 e. The van der Waals surface area contributed by atoms with Crippen molar-refractivity contribution in [1.82, 2.24) is 15.5 Å². The molecule has 0 saturated carbocycles. The number of benzene rings is 1. The molecular formula is C22H33Cl2N3O2. The van der Waals surface area contributed by atoms with Gasteiger partial charge in [0.15, 0.2) is 0 Å². The summed E-state index contributed by atoms with van der Waals surface area (Å²) in [5, 5.41) is 6.65. The Labute approximate surface area is 184 Å². The highest BCUT2D eigenvalue weighted by atomic mass is 35.5. The third-order valence-corrected chi connectivity index (χ3v) is 5.90. The van der Waals surface area contributed by atoms with Crippen molar-refractivity contribution in [1.29, 1.82) is 0 Å². The largest absolute Gasteiger partial charge is 0.354 e. The summed E-state index contributed by atoms with van der Waals surface area (Å²) >= 11 is 12.1. The van der Waals surface area contributed by atoms with E-state index >= 15 is 0 Å². The molecule has 1 aliphatic rings. The zero-order valence-electron chi connectivity index (χ0n) is 17.8. The lowest BCUT2D eigenvalue weighted by Gasteiger charge is -2.35. The van der Waals surface area contributed by atoms with Crippen molar-refractivity contribution >= 4 is 35.0 Å². The van der Waals surface area contributed by atoms with Gasteiger partial charge < -0.3 is 15.5 Å². The number of carbonyl (C=O) groups is 2. The van der Waals surface area contributed by atoms with E-state index in [1.807, 2.05) is 13.8 Å². The molecule has 0 spiro atoms. The van der Waals surface area contributed by atoms with Crippen LogP contribution in [-0.2, 0) is 4.79 Å². The summed E-state index contributed by atoms with van der Waals surface area (Å²) in [6.07, 6.45) is 2.83. The van der Waals surface area contributed by atoms with Crippen molar-refractivity contribution in [3.05, 3.63) is 33.8 Å². The van der Waals surface area contributed by atoms with Crippen molar-refractivity contribution < 1.29 is 9.59 Å². The van der Waals surface area contributed by atoms with Gasteiger partial charge in [-0.2, -0.15) is 0 Å². The summed E-state index contributed by atoms with van der Waals surface area (Å²) in [6, 6.07) is 4.64. The van der Waals surface area contributed by atoms with E-state index < -0.39 is 6.04 Å². The first kappa shape index (κ1) is 24.0. The van der Waals surface area contributed by atoms with Gasteiger partial charge in [-0.05, 0) is 69.7 Å². The second kappa shape index (κ2) is 11.2. The van der Waals surface area contributed by atoms with E-state index in [2.05, 4.69) is 29.4 Å². The minimum atomic E-state index is -0.598. The summed E-state index contributed by atoms with van der Waals surface area (Å²) < 4.78 is 0. The highest BCUT2D eigenvalue weighted by Crippen LogP contribution is 2.21. The Morgan fingerprint density at radius 2 is 1.93 bits per heavy atom. The Morgan fingerprint density at radius 3 is 2.55 bits per heavy atom. The maximum atomic E-state index is 12.8. The molecule has 162 valence electrons. The molecule has 29 heavy (non-hydrogen) atoms. The Hall–Kier alpha value is -1.30. The van der Waals surface area contributed by atoms with Gasteiger partial charge in [-0.3, -0.25) is 9.59 Å². The maximum absolute atomic E-state index is 12.8. The molecule has 0 aromatic heterocycles. The third kappa shape index (κ3) is 7.47. The third-order valence-electron chi connectivity index (χ3n) is 5.35. The number of nitrogens with one attached hydrogen (secondary N) is 2. The number of carbonyl (C=O) groups excluding carboxylic acids is 2. The predicted molar refractivity (Wildman–Crippen MR) is 120 cm³/mol. The molecule has 1 aromatic carbocycles. The first-order valence-electron chi connectivity index (χ1n) is 10.4. The van der Waals surface area contributed by atoms with E-state index in [-0.39, 0.29) is 22.8 Å². The number of piperidine rings is 1. The Morgan fingerprint density at radius 1 is 1.21 bits per heavy atom. The van der Waals surface area contributed by atoms with Crippen LogP contribution in [-0.4, -0.2) is 48.4 Å². The first-order chi connectivity index (χ1) is 13.7. The number of hydrogen-bond donors (Lipinski definition) is 2. The van der Waals surface area contributed by atoms with Crippen LogP contribution in [0.25, 0.3) is 0 Å². The summed E-state index contributed by atoms with van der Waals surface area (Å²) in [6.45, 7) is 11.2. The molecule has 1 saturated heterocycles. The zero-order chi connectivity index (χ0) is 21.6. The topological polar surface area (TPSA) is 61.4 Å². The van der Waals surface area contributed by atoms with E-state index in [9.17, 15) is 9.59 Å². The van der Waals surface area contributed by atoms with Gasteiger partial charge in [-0.25, -0.2) is 0 Å². The molecule has 2 rings (SSSR count). The van der Waals surface area contributed by atoms with Gasteiger partial charge in [-0.15, -0.1) is 0 Å². The SMILES string of the molecule is CC(C)CC(NC(=O)c1ccc(Cl)cc1Cl)C(=O)NCC1CCCN(C(C)C)C1. The molecule has 5 nitrogen and oxygen atoms in total. The van der Waals surface area contributed by atoms with Crippen molar-refractivity contribution in [2.24, 2.45) is 11.8 Å². The number of halogens is 2. The lowest BCUT2D eigenvalue weighted by atomic mass is 9.96. The average Bonchev–Trinajstić information content (AvgIpc) is 2.65. The summed E-state index contributed by atoms with van der Waals surface area (Å²) in [7, 11) is 0. The van der Waals surface area contributed by atoms with Gasteiger partial charge in [0, 0.05) is 24.2 Å².